The van der Waals surface area contributed by atoms with Crippen molar-refractivity contribution in [2.24, 2.45) is 0 Å². The molecule has 0 fully saturated rings. The van der Waals surface area contributed by atoms with E-state index in [9.17, 15) is 20.4 Å². The van der Waals surface area contributed by atoms with Crippen LogP contribution in [-0.4, -0.2) is 20.4 Å². The number of phenols is 4. The van der Waals surface area contributed by atoms with E-state index in [4.69, 9.17) is 0 Å². The van der Waals surface area contributed by atoms with Crippen LogP contribution in [-0.2, 0) is 10.8 Å². The summed E-state index contributed by atoms with van der Waals surface area (Å²) in [4.78, 5) is 0. The van der Waals surface area contributed by atoms with Gasteiger partial charge in [0.1, 0.15) is 23.0 Å². The Labute approximate surface area is 264 Å². The maximum Gasteiger partial charge on any atom is 0.119 e. The number of aromatic hydroxyl groups is 4. The molecule has 0 atom stereocenters. The molecule has 0 saturated carbocycles. The van der Waals surface area contributed by atoms with Gasteiger partial charge in [-0.25, -0.2) is 0 Å². The lowest BCUT2D eigenvalue weighted by Gasteiger charge is -2.30. The standard InChI is InChI=1S/C41H38O4/c1-40(2,29-11-17-33(42)18-12-29)31-15-21-37(44)35(24-31)39(28-10-9-26-7-5-6-8-27(26)23-28)36-25-32(16-22-38(36)45)41(3,4)30-13-19-34(43)20-14-30/h5-25,39,42-45H,1-4H3. The minimum atomic E-state index is -0.485. The zero-order chi connectivity index (χ0) is 31.9. The van der Waals surface area contributed by atoms with E-state index >= 15 is 0 Å². The van der Waals surface area contributed by atoms with E-state index in [0.717, 1.165) is 38.6 Å². The Morgan fingerprint density at radius 2 is 0.844 bits per heavy atom. The van der Waals surface area contributed by atoms with Gasteiger partial charge in [0.2, 0.25) is 0 Å². The van der Waals surface area contributed by atoms with E-state index in [-0.39, 0.29) is 23.0 Å². The third kappa shape index (κ3) is 5.60. The van der Waals surface area contributed by atoms with Crippen molar-refractivity contribution < 1.29 is 20.4 Å². The first kappa shape index (κ1) is 29.8. The van der Waals surface area contributed by atoms with Crippen molar-refractivity contribution in [3.8, 4) is 23.0 Å². The van der Waals surface area contributed by atoms with Gasteiger partial charge in [-0.3, -0.25) is 0 Å². The van der Waals surface area contributed by atoms with Crippen LogP contribution >= 0.6 is 0 Å². The molecule has 6 aromatic carbocycles. The van der Waals surface area contributed by atoms with Crippen molar-refractivity contribution in [3.05, 3.63) is 166 Å². The largest absolute Gasteiger partial charge is 0.508 e. The van der Waals surface area contributed by atoms with Gasteiger partial charge in [0.25, 0.3) is 0 Å². The van der Waals surface area contributed by atoms with Gasteiger partial charge < -0.3 is 20.4 Å². The minimum Gasteiger partial charge on any atom is -0.508 e. The van der Waals surface area contributed by atoms with Crippen LogP contribution in [0.15, 0.2) is 127 Å². The first-order valence-corrected chi connectivity index (χ1v) is 15.2. The maximum absolute atomic E-state index is 11.5. The fraction of sp³-hybridized carbons (Fsp3) is 0.171. The highest BCUT2D eigenvalue weighted by Crippen LogP contribution is 2.45. The Bertz CT molecular complexity index is 1880. The van der Waals surface area contributed by atoms with Gasteiger partial charge >= 0.3 is 0 Å². The lowest BCUT2D eigenvalue weighted by molar-refractivity contribution is 0.457. The summed E-state index contributed by atoms with van der Waals surface area (Å²) in [7, 11) is 0. The second-order valence-corrected chi connectivity index (χ2v) is 12.9. The van der Waals surface area contributed by atoms with Crippen LogP contribution in [0, 0.1) is 0 Å². The first-order chi connectivity index (χ1) is 21.4. The van der Waals surface area contributed by atoms with E-state index in [1.807, 2.05) is 60.7 Å². The molecule has 0 saturated heterocycles. The van der Waals surface area contributed by atoms with Crippen LogP contribution in [0.2, 0.25) is 0 Å². The predicted molar refractivity (Wildman–Crippen MR) is 182 cm³/mol. The van der Waals surface area contributed by atoms with Gasteiger partial charge in [-0.1, -0.05) is 119 Å². The predicted octanol–water partition coefficient (Wildman–Crippen LogP) is 9.49. The highest BCUT2D eigenvalue weighted by molar-refractivity contribution is 5.83. The summed E-state index contributed by atoms with van der Waals surface area (Å²) in [5.74, 6) is 0.216. The number of phenolic OH excluding ortho intramolecular Hbond substituents is 4. The Morgan fingerprint density at radius 1 is 0.422 bits per heavy atom. The average molecular weight is 595 g/mol. The normalized spacial score (nSPS) is 12.1. The topological polar surface area (TPSA) is 80.9 Å². The summed E-state index contributed by atoms with van der Waals surface area (Å²) >= 11 is 0. The quantitative estimate of drug-likeness (QED) is 0.139. The molecule has 0 radical (unpaired) electrons. The molecular formula is C41H38O4. The van der Waals surface area contributed by atoms with Crippen molar-refractivity contribution in [2.75, 3.05) is 0 Å². The Hall–Kier alpha value is -5.22. The molecule has 0 heterocycles. The van der Waals surface area contributed by atoms with Crippen molar-refractivity contribution in [1.29, 1.82) is 0 Å². The Balaban J connectivity index is 1.56. The molecule has 0 amide bonds. The summed E-state index contributed by atoms with van der Waals surface area (Å²) in [5.41, 5.74) is 5.48. The number of fused-ring (bicyclic) bond motifs is 1. The lowest BCUT2D eigenvalue weighted by atomic mass is 9.74. The summed E-state index contributed by atoms with van der Waals surface area (Å²) in [6.45, 7) is 8.50. The summed E-state index contributed by atoms with van der Waals surface area (Å²) in [6.07, 6.45) is 0. The highest BCUT2D eigenvalue weighted by atomic mass is 16.3. The van der Waals surface area contributed by atoms with Gasteiger partial charge in [0.15, 0.2) is 0 Å². The van der Waals surface area contributed by atoms with E-state index in [2.05, 4.69) is 58.0 Å². The van der Waals surface area contributed by atoms with Gasteiger partial charge in [-0.05, 0) is 75.0 Å². The van der Waals surface area contributed by atoms with Crippen molar-refractivity contribution in [2.45, 2.75) is 44.4 Å². The van der Waals surface area contributed by atoms with Crippen molar-refractivity contribution in [1.82, 2.24) is 0 Å². The molecule has 0 unspecified atom stereocenters. The third-order valence-electron chi connectivity index (χ3n) is 9.41. The van der Waals surface area contributed by atoms with Gasteiger partial charge in [0.05, 0.1) is 0 Å². The maximum atomic E-state index is 11.5. The van der Waals surface area contributed by atoms with E-state index in [0.29, 0.717) is 11.1 Å². The average Bonchev–Trinajstić information content (AvgIpc) is 3.03. The number of benzene rings is 6. The molecule has 4 nitrogen and oxygen atoms in total. The zero-order valence-electron chi connectivity index (χ0n) is 26.0. The summed E-state index contributed by atoms with van der Waals surface area (Å²) in [6, 6.07) is 40.3. The minimum absolute atomic E-state index is 0.140. The molecule has 45 heavy (non-hydrogen) atoms. The van der Waals surface area contributed by atoms with Crippen LogP contribution in [0.5, 0.6) is 23.0 Å². The molecule has 6 aromatic rings. The van der Waals surface area contributed by atoms with Crippen molar-refractivity contribution >= 4 is 10.8 Å². The smallest absolute Gasteiger partial charge is 0.119 e. The molecule has 4 heteroatoms. The second-order valence-electron chi connectivity index (χ2n) is 12.9. The van der Waals surface area contributed by atoms with Crippen LogP contribution in [0.3, 0.4) is 0 Å². The Morgan fingerprint density at radius 3 is 1.31 bits per heavy atom. The molecular weight excluding hydrogens is 556 g/mol. The lowest BCUT2D eigenvalue weighted by Crippen LogP contribution is -2.20. The van der Waals surface area contributed by atoms with Crippen LogP contribution in [0.25, 0.3) is 10.8 Å². The fourth-order valence-corrected chi connectivity index (χ4v) is 6.35. The van der Waals surface area contributed by atoms with Crippen molar-refractivity contribution in [3.63, 3.8) is 0 Å². The van der Waals surface area contributed by atoms with Gasteiger partial charge in [-0.15, -0.1) is 0 Å². The number of hydrogen-bond acceptors (Lipinski definition) is 4. The molecule has 4 N–H and O–H groups in total. The molecule has 0 aliphatic heterocycles. The number of hydrogen-bond donors (Lipinski definition) is 4. The molecule has 0 aromatic heterocycles. The monoisotopic (exact) mass is 594 g/mol. The third-order valence-corrected chi connectivity index (χ3v) is 9.41. The van der Waals surface area contributed by atoms with E-state index in [1.165, 1.54) is 0 Å². The molecule has 0 aliphatic rings. The zero-order valence-corrected chi connectivity index (χ0v) is 26.0. The van der Waals surface area contributed by atoms with Gasteiger partial charge in [-0.2, -0.15) is 0 Å². The first-order valence-electron chi connectivity index (χ1n) is 15.2. The van der Waals surface area contributed by atoms with E-state index < -0.39 is 16.7 Å². The van der Waals surface area contributed by atoms with Crippen LogP contribution in [0.1, 0.15) is 72.6 Å². The van der Waals surface area contributed by atoms with Gasteiger partial charge in [0, 0.05) is 27.9 Å². The second kappa shape index (κ2) is 11.4. The van der Waals surface area contributed by atoms with Crippen LogP contribution < -0.4 is 0 Å². The molecule has 0 spiro atoms. The van der Waals surface area contributed by atoms with Crippen LogP contribution in [0.4, 0.5) is 0 Å². The summed E-state index contributed by atoms with van der Waals surface area (Å²) in [5, 5.41) is 45.0. The molecule has 6 rings (SSSR count). The SMILES string of the molecule is CC(C)(c1ccc(O)cc1)c1ccc(O)c(C(c2ccc3ccccc3c2)c2cc(C(C)(C)c3ccc(O)cc3)ccc2O)c1. The van der Waals surface area contributed by atoms with E-state index in [1.54, 1.807) is 36.4 Å². The molecule has 226 valence electrons. The summed E-state index contributed by atoms with van der Waals surface area (Å²) < 4.78 is 0. The molecule has 0 bridgehead atoms. The Kier molecular flexibility index (Phi) is 7.54. The number of rotatable bonds is 7. The highest BCUT2D eigenvalue weighted by Gasteiger charge is 2.30. The fourth-order valence-electron chi connectivity index (χ4n) is 6.35. The molecule has 0 aliphatic carbocycles.